The maximum absolute atomic E-state index is 12.3. The van der Waals surface area contributed by atoms with E-state index in [0.29, 0.717) is 26.4 Å². The number of phosphoric ester groups is 1. The normalized spacial score (nSPS) is 13.9. The Morgan fingerprint density at radius 1 is 0.795 bits per heavy atom. The molecule has 0 bridgehead atoms. The molecule has 0 saturated carbocycles. The molecule has 1 aromatic rings. The molecule has 0 fully saturated rings. The van der Waals surface area contributed by atoms with Crippen molar-refractivity contribution in [1.82, 2.24) is 0 Å². The second kappa shape index (κ2) is 23.8. The number of anilines is 1. The van der Waals surface area contributed by atoms with Crippen molar-refractivity contribution in [2.45, 2.75) is 116 Å². The lowest BCUT2D eigenvalue weighted by Crippen LogP contribution is -2.36. The molecule has 1 rings (SSSR count). The quantitative estimate of drug-likeness (QED) is 0.0784. The van der Waals surface area contributed by atoms with E-state index in [2.05, 4.69) is 6.92 Å². The Labute approximate surface area is 239 Å². The van der Waals surface area contributed by atoms with E-state index in [1.165, 1.54) is 83.5 Å². The largest absolute Gasteiger partial charge is 0.606 e. The number of rotatable bonds is 27. The minimum atomic E-state index is -4.17. The molecule has 1 heterocycles. The highest BCUT2D eigenvalue weighted by atomic mass is 31.2. The third-order valence-electron chi connectivity index (χ3n) is 6.77. The molecule has 0 aromatic carbocycles. The molecule has 8 nitrogen and oxygen atoms in total. The highest BCUT2D eigenvalue weighted by molar-refractivity contribution is 7.52. The highest BCUT2D eigenvalue weighted by Gasteiger charge is 2.29. The van der Waals surface area contributed by atoms with Gasteiger partial charge >= 0.3 is 8.17 Å². The van der Waals surface area contributed by atoms with Crippen molar-refractivity contribution in [2.75, 3.05) is 52.0 Å². The van der Waals surface area contributed by atoms with Crippen molar-refractivity contribution < 1.29 is 32.9 Å². The van der Waals surface area contributed by atoms with Crippen molar-refractivity contribution in [2.24, 2.45) is 0 Å². The molecule has 9 heteroatoms. The van der Waals surface area contributed by atoms with Crippen molar-refractivity contribution in [3.63, 3.8) is 0 Å². The Morgan fingerprint density at radius 3 is 1.85 bits per heavy atom. The first-order valence-corrected chi connectivity index (χ1v) is 16.8. The average molecular weight is 574 g/mol. The second-order valence-electron chi connectivity index (χ2n) is 10.5. The van der Waals surface area contributed by atoms with Crippen LogP contribution in [0, 0.1) is 0 Å². The molecule has 228 valence electrons. The van der Waals surface area contributed by atoms with Gasteiger partial charge in [-0.25, -0.2) is 4.57 Å². The fourth-order valence-electron chi connectivity index (χ4n) is 4.37. The Kier molecular flexibility index (Phi) is 22.1. The maximum atomic E-state index is 12.3. The van der Waals surface area contributed by atoms with Gasteiger partial charge in [-0.15, -0.1) is 0 Å². The van der Waals surface area contributed by atoms with Crippen molar-refractivity contribution in [3.8, 4) is 0 Å². The first-order chi connectivity index (χ1) is 18.9. The first-order valence-electron chi connectivity index (χ1n) is 15.4. The lowest BCUT2D eigenvalue weighted by Gasteiger charge is -2.22. The Hall–Kier alpha value is -0.860. The molecular weight excluding hydrogens is 515 g/mol. The molecule has 0 amide bonds. The second-order valence-corrected chi connectivity index (χ2v) is 12.0. The minimum absolute atomic E-state index is 0.0506. The van der Waals surface area contributed by atoms with E-state index in [-0.39, 0.29) is 13.2 Å². The molecular formula is C30H58N2O6P+. The summed E-state index contributed by atoms with van der Waals surface area (Å²) in [5, 5.41) is 0. The molecule has 1 unspecified atom stereocenters. The smallest absolute Gasteiger partial charge is 0.377 e. The zero-order valence-electron chi connectivity index (χ0n) is 25.4. The number of nitrogens with zero attached hydrogens (tertiary/aromatic N) is 2. The molecule has 0 aliphatic heterocycles. The van der Waals surface area contributed by atoms with Crippen molar-refractivity contribution in [1.29, 1.82) is 0 Å². The molecule has 0 radical (unpaired) electrons. The Morgan fingerprint density at radius 2 is 1.33 bits per heavy atom. The zero-order valence-corrected chi connectivity index (χ0v) is 26.3. The summed E-state index contributed by atoms with van der Waals surface area (Å²) in [4.78, 5) is 24.3. The monoisotopic (exact) mass is 573 g/mol. The van der Waals surface area contributed by atoms with Gasteiger partial charge in [-0.05, 0) is 13.3 Å². The van der Waals surface area contributed by atoms with Crippen molar-refractivity contribution >= 4 is 13.9 Å². The van der Waals surface area contributed by atoms with Gasteiger partial charge in [-0.1, -0.05) is 90.4 Å². The molecule has 1 aromatic heterocycles. The zero-order chi connectivity index (χ0) is 28.6. The lowest BCUT2D eigenvalue weighted by atomic mass is 10.0. The van der Waals surface area contributed by atoms with Crippen LogP contribution in [-0.2, 0) is 25.1 Å². The van der Waals surface area contributed by atoms with E-state index in [4.69, 9.17) is 18.5 Å². The summed E-state index contributed by atoms with van der Waals surface area (Å²) < 4.78 is 23.6. The molecule has 39 heavy (non-hydrogen) atoms. The van der Waals surface area contributed by atoms with Gasteiger partial charge < -0.3 is 19.3 Å². The fraction of sp³-hybridized carbons (Fsp3) is 0.833. The number of phosphoric acid groups is 1. The van der Waals surface area contributed by atoms with E-state index in [0.717, 1.165) is 12.1 Å². The number of ether oxygens (including phenoxy) is 2. The van der Waals surface area contributed by atoms with Crippen LogP contribution in [0.15, 0.2) is 24.5 Å². The molecule has 0 aliphatic carbocycles. The van der Waals surface area contributed by atoms with Crippen LogP contribution in [0.3, 0.4) is 0 Å². The number of unbranched alkanes of at least 4 members (excludes halogenated alkanes) is 13. The van der Waals surface area contributed by atoms with Crippen LogP contribution >= 0.6 is 8.17 Å². The van der Waals surface area contributed by atoms with E-state index in [1.54, 1.807) is 0 Å². The number of hydrogen-bond donors (Lipinski definition) is 1. The van der Waals surface area contributed by atoms with Gasteiger partial charge in [0.25, 0.3) is 0 Å². The van der Waals surface area contributed by atoms with E-state index in [1.807, 2.05) is 55.0 Å². The van der Waals surface area contributed by atoms with Gasteiger partial charge in [-0.2, -0.15) is 13.9 Å². The van der Waals surface area contributed by atoms with Gasteiger partial charge in [0.15, 0.2) is 25.5 Å². The van der Waals surface area contributed by atoms with Crippen LogP contribution in [0.1, 0.15) is 104 Å². The number of pyridine rings is 1. The standard InChI is InChI=1S/C30H57N2O6P/c1-5-7-8-9-10-11-12-13-14-15-16-17-18-19-25-35-27-30(36-6-2)28-38-39(33,34)37-26-24-32-22-20-29(21-23-32)31(3)4/h20-23,30H,5-19,24-28H2,1-4H3/p+1/t30-/m1/s1. The van der Waals surface area contributed by atoms with Gasteiger partial charge in [0, 0.05) is 45.1 Å². The lowest BCUT2D eigenvalue weighted by molar-refractivity contribution is -0.697. The first kappa shape index (κ1) is 36.2. The van der Waals surface area contributed by atoms with Crippen LogP contribution in [0.4, 0.5) is 5.69 Å². The van der Waals surface area contributed by atoms with Crippen LogP contribution in [0.2, 0.25) is 0 Å². The summed E-state index contributed by atoms with van der Waals surface area (Å²) >= 11 is 0. The van der Waals surface area contributed by atoms with Crippen LogP contribution in [-0.4, -0.2) is 58.1 Å². The summed E-state index contributed by atoms with van der Waals surface area (Å²) in [5.41, 5.74) is 1.08. The highest BCUT2D eigenvalue weighted by Crippen LogP contribution is 2.47. The predicted octanol–water partition coefficient (Wildman–Crippen LogP) is 6.01. The van der Waals surface area contributed by atoms with Crippen LogP contribution in [0.25, 0.3) is 0 Å². The predicted molar refractivity (Wildman–Crippen MR) is 159 cm³/mol. The molecule has 1 N–H and O–H groups in total. The van der Waals surface area contributed by atoms with Gasteiger partial charge in [0.05, 0.1) is 6.61 Å². The Balaban J connectivity index is 2.04. The SMILES string of the molecule is CCCCCCCCCCCCCCCCOC[C@H](CO[P+]([O-])(O)OCC[n+]1ccc(N(C)C)cc1)OCC. The topological polar surface area (TPSA) is 87.3 Å². The summed E-state index contributed by atoms with van der Waals surface area (Å²) in [6.45, 7) is 6.09. The van der Waals surface area contributed by atoms with E-state index >= 15 is 0 Å². The van der Waals surface area contributed by atoms with Gasteiger partial charge in [-0.3, -0.25) is 0 Å². The van der Waals surface area contributed by atoms with Crippen LogP contribution < -0.4 is 14.4 Å². The minimum Gasteiger partial charge on any atom is -0.606 e. The number of hydrogen-bond acceptors (Lipinski definition) is 7. The third-order valence-corrected chi connectivity index (χ3v) is 7.75. The summed E-state index contributed by atoms with van der Waals surface area (Å²) in [6.07, 6.45) is 22.0. The van der Waals surface area contributed by atoms with Crippen LogP contribution in [0.5, 0.6) is 0 Å². The summed E-state index contributed by atoms with van der Waals surface area (Å²) in [5.74, 6) is 0. The average Bonchev–Trinajstić information content (AvgIpc) is 2.91. The number of aromatic nitrogens is 1. The molecule has 0 saturated heterocycles. The summed E-state index contributed by atoms with van der Waals surface area (Å²) in [7, 11) is -0.215. The molecule has 0 spiro atoms. The van der Waals surface area contributed by atoms with Crippen molar-refractivity contribution in [3.05, 3.63) is 24.5 Å². The Bertz CT molecular complexity index is 678. The van der Waals surface area contributed by atoms with E-state index < -0.39 is 14.3 Å². The summed E-state index contributed by atoms with van der Waals surface area (Å²) in [6, 6.07) is 3.95. The third kappa shape index (κ3) is 20.6. The van der Waals surface area contributed by atoms with E-state index in [9.17, 15) is 9.79 Å². The van der Waals surface area contributed by atoms with Gasteiger partial charge in [0.2, 0.25) is 0 Å². The molecule has 0 aliphatic rings. The maximum Gasteiger partial charge on any atom is 0.377 e. The fourth-order valence-corrected chi connectivity index (χ4v) is 5.11. The molecule has 2 atom stereocenters. The van der Waals surface area contributed by atoms with Gasteiger partial charge in [0.1, 0.15) is 12.7 Å².